The van der Waals surface area contributed by atoms with Crippen molar-refractivity contribution in [1.82, 2.24) is 19.9 Å². The van der Waals surface area contributed by atoms with Crippen LogP contribution in [0, 0.1) is 26.2 Å². The van der Waals surface area contributed by atoms with Crippen molar-refractivity contribution in [3.63, 3.8) is 0 Å². The average molecular weight is 422 g/mol. The van der Waals surface area contributed by atoms with Gasteiger partial charge in [-0.1, -0.05) is 0 Å². The van der Waals surface area contributed by atoms with Crippen LogP contribution in [0.25, 0.3) is 0 Å². The van der Waals surface area contributed by atoms with E-state index in [1.165, 1.54) is 6.33 Å². The van der Waals surface area contributed by atoms with Crippen LogP contribution < -0.4 is 9.47 Å². The van der Waals surface area contributed by atoms with E-state index in [0.717, 1.165) is 36.9 Å². The molecule has 0 aromatic carbocycles. The van der Waals surface area contributed by atoms with E-state index in [-0.39, 0.29) is 30.9 Å². The number of terminal acetylenes is 1. The molecular formula is C23H26N4O4. The Bertz CT molecular complexity index is 976. The van der Waals surface area contributed by atoms with E-state index in [1.807, 2.05) is 30.9 Å². The number of piperidine rings is 1. The maximum absolute atomic E-state index is 12.5. The molecule has 2 bridgehead atoms. The van der Waals surface area contributed by atoms with Crippen LogP contribution in [0.15, 0.2) is 24.7 Å². The molecule has 2 aliphatic heterocycles. The van der Waals surface area contributed by atoms with Crippen molar-refractivity contribution < 1.29 is 19.0 Å². The second-order valence-corrected chi connectivity index (χ2v) is 7.87. The highest BCUT2D eigenvalue weighted by molar-refractivity contribution is 5.69. The number of nitrogens with zero attached hydrogens (tertiary/aromatic N) is 4. The van der Waals surface area contributed by atoms with Gasteiger partial charge in [0.2, 0.25) is 11.8 Å². The fourth-order valence-corrected chi connectivity index (χ4v) is 4.27. The maximum Gasteiger partial charge on any atom is 0.410 e. The summed E-state index contributed by atoms with van der Waals surface area (Å²) < 4.78 is 17.5. The number of aromatic nitrogens is 3. The fourth-order valence-electron chi connectivity index (χ4n) is 4.27. The predicted molar refractivity (Wildman–Crippen MR) is 113 cm³/mol. The van der Waals surface area contributed by atoms with Crippen LogP contribution in [-0.4, -0.2) is 50.7 Å². The van der Waals surface area contributed by atoms with E-state index >= 15 is 0 Å². The van der Waals surface area contributed by atoms with E-state index in [2.05, 4.69) is 20.9 Å². The van der Waals surface area contributed by atoms with Crippen molar-refractivity contribution in [2.45, 2.75) is 64.1 Å². The molecule has 1 amide bonds. The molecular weight excluding hydrogens is 396 g/mol. The first-order chi connectivity index (χ1) is 15.1. The third-order valence-electron chi connectivity index (χ3n) is 5.81. The van der Waals surface area contributed by atoms with Gasteiger partial charge in [0.15, 0.2) is 5.75 Å². The summed E-state index contributed by atoms with van der Waals surface area (Å²) in [5.41, 5.74) is 1.51. The predicted octanol–water partition coefficient (Wildman–Crippen LogP) is 3.81. The lowest BCUT2D eigenvalue weighted by Crippen LogP contribution is -2.49. The van der Waals surface area contributed by atoms with Crippen LogP contribution in [0.2, 0.25) is 0 Å². The lowest BCUT2D eigenvalue weighted by Gasteiger charge is -2.38. The molecule has 2 aromatic rings. The highest BCUT2D eigenvalue weighted by Gasteiger charge is 2.45. The summed E-state index contributed by atoms with van der Waals surface area (Å²) in [4.78, 5) is 27.1. The monoisotopic (exact) mass is 422 g/mol. The van der Waals surface area contributed by atoms with Gasteiger partial charge in [-0.05, 0) is 38.8 Å². The fraction of sp³-hybridized carbons (Fsp3) is 0.478. The van der Waals surface area contributed by atoms with Gasteiger partial charge < -0.3 is 19.1 Å². The molecule has 162 valence electrons. The molecule has 2 aliphatic rings. The molecule has 0 saturated carbocycles. The molecule has 4 rings (SSSR count). The van der Waals surface area contributed by atoms with Crippen molar-refractivity contribution in [2.24, 2.45) is 0 Å². The molecule has 2 saturated heterocycles. The van der Waals surface area contributed by atoms with Crippen LogP contribution in [0.5, 0.6) is 17.5 Å². The Morgan fingerprint density at radius 3 is 2.65 bits per heavy atom. The second kappa shape index (κ2) is 9.21. The van der Waals surface area contributed by atoms with Crippen LogP contribution in [0.4, 0.5) is 4.79 Å². The first-order valence-corrected chi connectivity index (χ1v) is 10.5. The van der Waals surface area contributed by atoms with Gasteiger partial charge in [-0.2, -0.15) is 0 Å². The Kier molecular flexibility index (Phi) is 6.21. The Morgan fingerprint density at radius 1 is 1.19 bits per heavy atom. The second-order valence-electron chi connectivity index (χ2n) is 7.87. The summed E-state index contributed by atoms with van der Waals surface area (Å²) in [7, 11) is 0. The number of ether oxygens (including phenoxy) is 3. The Labute approximate surface area is 182 Å². The van der Waals surface area contributed by atoms with Crippen molar-refractivity contribution in [3.05, 3.63) is 35.9 Å². The van der Waals surface area contributed by atoms with E-state index in [9.17, 15) is 4.79 Å². The van der Waals surface area contributed by atoms with Crippen LogP contribution >= 0.6 is 0 Å². The summed E-state index contributed by atoms with van der Waals surface area (Å²) in [6, 6.07) is 3.88. The highest BCUT2D eigenvalue weighted by atomic mass is 16.6. The number of hydrogen-bond donors (Lipinski definition) is 0. The number of rotatable bonds is 6. The largest absolute Gasteiger partial charge is 0.474 e. The van der Waals surface area contributed by atoms with Gasteiger partial charge in [0.1, 0.15) is 19.0 Å². The van der Waals surface area contributed by atoms with Gasteiger partial charge in [0.25, 0.3) is 0 Å². The summed E-state index contributed by atoms with van der Waals surface area (Å²) in [5.74, 6) is 4.07. The van der Waals surface area contributed by atoms with E-state index in [4.69, 9.17) is 20.6 Å². The highest BCUT2D eigenvalue weighted by Crippen LogP contribution is 2.38. The van der Waals surface area contributed by atoms with E-state index in [0.29, 0.717) is 23.9 Å². The maximum atomic E-state index is 12.5. The third-order valence-corrected chi connectivity index (χ3v) is 5.81. The van der Waals surface area contributed by atoms with Gasteiger partial charge in [-0.3, -0.25) is 4.98 Å². The van der Waals surface area contributed by atoms with Crippen LogP contribution in [0.1, 0.15) is 43.4 Å². The summed E-state index contributed by atoms with van der Waals surface area (Å²) in [5, 5.41) is 0. The summed E-state index contributed by atoms with van der Waals surface area (Å²) in [6.07, 6.45) is 11.9. The molecule has 8 nitrogen and oxygen atoms in total. The van der Waals surface area contributed by atoms with E-state index in [1.54, 1.807) is 6.20 Å². The smallest absolute Gasteiger partial charge is 0.410 e. The van der Waals surface area contributed by atoms with Gasteiger partial charge in [-0.15, -0.1) is 12.3 Å². The number of hydrogen-bond acceptors (Lipinski definition) is 7. The number of fused-ring (bicyclic) bond motifs is 2. The van der Waals surface area contributed by atoms with Gasteiger partial charge in [0, 0.05) is 37.5 Å². The number of carbonyl (C=O) groups excluding carboxylic acids is 1. The standard InChI is InChI=1S/C23H26N4O4/c1-4-5-11-29-23(28)27-17-8-9-18(27)13-19(12-17)30-21-15(2)22(26-14-25-21)31-20-7-6-10-24-16(20)3/h1,6-7,10,14,17-19H,5,8-9,11-13H2,2-3H3. The Balaban J connectivity index is 1.41. The molecule has 0 radical (unpaired) electrons. The number of pyridine rings is 1. The summed E-state index contributed by atoms with van der Waals surface area (Å²) >= 11 is 0. The van der Waals surface area contributed by atoms with Crippen LogP contribution in [-0.2, 0) is 4.74 Å². The number of amides is 1. The Morgan fingerprint density at radius 2 is 1.94 bits per heavy atom. The minimum absolute atomic E-state index is 0.0335. The zero-order valence-electron chi connectivity index (χ0n) is 17.8. The van der Waals surface area contributed by atoms with Gasteiger partial charge in [0.05, 0.1) is 11.3 Å². The van der Waals surface area contributed by atoms with E-state index < -0.39 is 0 Å². The topological polar surface area (TPSA) is 86.7 Å². The van der Waals surface area contributed by atoms with Crippen LogP contribution in [0.3, 0.4) is 0 Å². The number of carbonyl (C=O) groups is 1. The van der Waals surface area contributed by atoms with Crippen molar-refractivity contribution in [3.8, 4) is 29.9 Å². The normalized spacial score (nSPS) is 22.0. The van der Waals surface area contributed by atoms with Crippen molar-refractivity contribution in [2.75, 3.05) is 6.61 Å². The molecule has 0 spiro atoms. The molecule has 2 atom stereocenters. The lowest BCUT2D eigenvalue weighted by molar-refractivity contribution is 0.0324. The molecule has 31 heavy (non-hydrogen) atoms. The van der Waals surface area contributed by atoms with Crippen molar-refractivity contribution in [1.29, 1.82) is 0 Å². The first-order valence-electron chi connectivity index (χ1n) is 10.5. The van der Waals surface area contributed by atoms with Gasteiger partial charge in [-0.25, -0.2) is 14.8 Å². The minimum atomic E-state index is -0.276. The molecule has 0 N–H and O–H groups in total. The molecule has 4 heterocycles. The first kappa shape index (κ1) is 20.9. The molecule has 2 fully saturated rings. The molecule has 0 aliphatic carbocycles. The summed E-state index contributed by atoms with van der Waals surface area (Å²) in [6.45, 7) is 4.01. The van der Waals surface area contributed by atoms with Crippen molar-refractivity contribution >= 4 is 6.09 Å². The average Bonchev–Trinajstić information content (AvgIpc) is 3.03. The lowest BCUT2D eigenvalue weighted by atomic mass is 10.0. The molecule has 8 heteroatoms. The quantitative estimate of drug-likeness (QED) is 0.517. The van der Waals surface area contributed by atoms with Gasteiger partial charge >= 0.3 is 6.09 Å². The Hall–Kier alpha value is -3.34. The minimum Gasteiger partial charge on any atom is -0.474 e. The zero-order valence-corrected chi connectivity index (χ0v) is 17.8. The number of aryl methyl sites for hydroxylation is 1. The zero-order chi connectivity index (χ0) is 21.8. The SMILES string of the molecule is C#CCCOC(=O)N1C2CCC1CC(Oc1ncnc(Oc3cccnc3C)c1C)C2. The molecule has 2 aromatic heterocycles. The molecule has 2 unspecified atom stereocenters. The third kappa shape index (κ3) is 4.55.